The van der Waals surface area contributed by atoms with E-state index in [2.05, 4.69) is 67.8 Å². The van der Waals surface area contributed by atoms with E-state index in [9.17, 15) is 45.6 Å². The zero-order valence-electron chi connectivity index (χ0n) is 43.9. The van der Waals surface area contributed by atoms with Crippen molar-refractivity contribution in [1.82, 2.24) is 5.32 Å². The van der Waals surface area contributed by atoms with Crippen molar-refractivity contribution in [2.75, 3.05) is 19.8 Å². The lowest BCUT2D eigenvalue weighted by atomic mass is 9.97. The molecule has 0 aliphatic carbocycles. The molecule has 2 rings (SSSR count). The number of hydrogen-bond donors (Lipinski definition) is 9. The summed E-state index contributed by atoms with van der Waals surface area (Å²) >= 11 is 0. The third-order valence-electron chi connectivity index (χ3n) is 13.4. The molecule has 71 heavy (non-hydrogen) atoms. The van der Waals surface area contributed by atoms with Crippen molar-refractivity contribution in [3.63, 3.8) is 0 Å². The van der Waals surface area contributed by atoms with Crippen LogP contribution in [0.3, 0.4) is 0 Å². The molecule has 12 atom stereocenters. The predicted octanol–water partition coefficient (Wildman–Crippen LogP) is 8.61. The molecule has 0 spiro atoms. The number of unbranched alkanes of at least 4 members (excludes halogenated alkanes) is 22. The molecule has 0 radical (unpaired) electrons. The topological polar surface area (TPSA) is 228 Å². The van der Waals surface area contributed by atoms with E-state index >= 15 is 0 Å². The van der Waals surface area contributed by atoms with Gasteiger partial charge in [0.2, 0.25) is 5.91 Å². The lowest BCUT2D eigenvalue weighted by Crippen LogP contribution is -2.65. The summed E-state index contributed by atoms with van der Waals surface area (Å²) in [5.41, 5.74) is 0. The van der Waals surface area contributed by atoms with Crippen molar-refractivity contribution in [1.29, 1.82) is 0 Å². The molecule has 14 heteroatoms. The molecular formula is C57H101NO13. The Bertz CT molecular complexity index is 1420. The zero-order valence-corrected chi connectivity index (χ0v) is 43.9. The van der Waals surface area contributed by atoms with Crippen LogP contribution in [-0.4, -0.2) is 140 Å². The van der Waals surface area contributed by atoms with Crippen LogP contribution in [0.4, 0.5) is 0 Å². The van der Waals surface area contributed by atoms with Crippen LogP contribution in [0.15, 0.2) is 60.8 Å². The first-order valence-electron chi connectivity index (χ1n) is 28.0. The van der Waals surface area contributed by atoms with Crippen molar-refractivity contribution in [2.45, 2.75) is 274 Å². The highest BCUT2D eigenvalue weighted by Crippen LogP contribution is 2.30. The van der Waals surface area contributed by atoms with Gasteiger partial charge < -0.3 is 65.1 Å². The fraction of sp³-hybridized carbons (Fsp3) is 0.807. The molecule has 2 aliphatic rings. The van der Waals surface area contributed by atoms with E-state index in [0.717, 1.165) is 70.6 Å². The van der Waals surface area contributed by atoms with Gasteiger partial charge in [0.1, 0.15) is 48.8 Å². The number of allylic oxidation sites excluding steroid dienone is 9. The monoisotopic (exact) mass is 1010 g/mol. The minimum absolute atomic E-state index is 0.252. The van der Waals surface area contributed by atoms with Gasteiger partial charge >= 0.3 is 0 Å². The molecule has 2 saturated heterocycles. The van der Waals surface area contributed by atoms with Crippen LogP contribution in [0.5, 0.6) is 0 Å². The van der Waals surface area contributed by atoms with Crippen LogP contribution in [0, 0.1) is 0 Å². The smallest absolute Gasteiger partial charge is 0.220 e. The maximum Gasteiger partial charge on any atom is 0.220 e. The number of rotatable bonds is 43. The lowest BCUT2D eigenvalue weighted by molar-refractivity contribution is -0.359. The Labute approximate surface area is 428 Å². The molecule has 0 aromatic heterocycles. The Morgan fingerprint density at radius 2 is 0.944 bits per heavy atom. The average Bonchev–Trinajstić information content (AvgIpc) is 3.37. The van der Waals surface area contributed by atoms with Gasteiger partial charge in [-0.05, 0) is 77.0 Å². The lowest BCUT2D eigenvalue weighted by Gasteiger charge is -2.46. The van der Waals surface area contributed by atoms with E-state index < -0.39 is 86.8 Å². The SMILES string of the molecule is CCCCC/C=C\C/C=C\CCCCCCCC(=O)NC(COC1OC(CO)C(OC2OC(CO)C(O)C(O)C2O)C(O)C1O)C(O)/C=C/CC/C=C/CC/C=C/CCCCCCCCCCCCCC. The minimum atomic E-state index is -1.80. The molecule has 2 fully saturated rings. The Balaban J connectivity index is 1.83. The molecule has 0 bridgehead atoms. The standard InChI is InChI=1S/C57H101NO13/c1-3-5-7-9-11-13-15-17-19-20-21-22-23-24-25-27-28-30-32-34-36-38-40-46(61)45(58-49(62)41-39-37-35-33-31-29-26-18-16-14-12-10-8-6-4-2)44-68-56-54(67)52(65)55(48(43-60)70-56)71-57-53(66)51(64)50(63)47(42-59)69-57/h12,14,18,24-26,30,32,38,40,45-48,50-57,59-61,63-67H,3-11,13,15-17,19-23,27-29,31,33-37,39,41-44H2,1-2H3,(H,58,62)/b14-12-,25-24+,26-18-,32-30+,40-38+. The van der Waals surface area contributed by atoms with Crippen molar-refractivity contribution < 1.29 is 64.6 Å². The second-order valence-electron chi connectivity index (χ2n) is 19.7. The van der Waals surface area contributed by atoms with Crippen molar-refractivity contribution >= 4 is 5.91 Å². The van der Waals surface area contributed by atoms with Gasteiger partial charge in [0, 0.05) is 6.42 Å². The summed E-state index contributed by atoms with van der Waals surface area (Å²) in [5, 5.41) is 86.9. The predicted molar refractivity (Wildman–Crippen MR) is 281 cm³/mol. The molecule has 14 nitrogen and oxygen atoms in total. The third kappa shape index (κ3) is 29.4. The van der Waals surface area contributed by atoms with E-state index in [1.807, 2.05) is 6.08 Å². The Kier molecular flexibility index (Phi) is 39.2. The number of hydrogen-bond acceptors (Lipinski definition) is 13. The fourth-order valence-electron chi connectivity index (χ4n) is 8.82. The number of carbonyl (C=O) groups excluding carboxylic acids is 1. The molecule has 9 N–H and O–H groups in total. The summed E-state index contributed by atoms with van der Waals surface area (Å²) in [6.45, 7) is 2.72. The molecule has 2 aliphatic heterocycles. The van der Waals surface area contributed by atoms with Crippen LogP contribution in [0.2, 0.25) is 0 Å². The molecule has 0 aromatic carbocycles. The molecule has 2 heterocycles. The maximum absolute atomic E-state index is 13.2. The van der Waals surface area contributed by atoms with Gasteiger partial charge in [-0.1, -0.05) is 177 Å². The second kappa shape index (κ2) is 43.0. The van der Waals surface area contributed by atoms with Crippen LogP contribution in [0.25, 0.3) is 0 Å². The molecular weight excluding hydrogens is 907 g/mol. The number of nitrogens with one attached hydrogen (secondary N) is 1. The summed E-state index contributed by atoms with van der Waals surface area (Å²) in [7, 11) is 0. The number of ether oxygens (including phenoxy) is 4. The molecule has 1 amide bonds. The Morgan fingerprint density at radius 3 is 1.49 bits per heavy atom. The highest BCUT2D eigenvalue weighted by atomic mass is 16.7. The van der Waals surface area contributed by atoms with Crippen molar-refractivity contribution in [2.24, 2.45) is 0 Å². The quantitative estimate of drug-likeness (QED) is 0.0206. The maximum atomic E-state index is 13.2. The van der Waals surface area contributed by atoms with Gasteiger partial charge in [-0.15, -0.1) is 0 Å². The molecule has 412 valence electrons. The highest BCUT2D eigenvalue weighted by Gasteiger charge is 2.51. The van der Waals surface area contributed by atoms with Crippen LogP contribution >= 0.6 is 0 Å². The van der Waals surface area contributed by atoms with Gasteiger partial charge in [-0.3, -0.25) is 4.79 Å². The highest BCUT2D eigenvalue weighted by molar-refractivity contribution is 5.76. The first kappa shape index (κ1) is 64.8. The normalized spacial score (nSPS) is 26.2. The van der Waals surface area contributed by atoms with E-state index in [1.54, 1.807) is 6.08 Å². The minimum Gasteiger partial charge on any atom is -0.394 e. The van der Waals surface area contributed by atoms with Crippen LogP contribution < -0.4 is 5.32 Å². The summed E-state index contributed by atoms with van der Waals surface area (Å²) in [6.07, 6.45) is 36.9. The molecule has 0 saturated carbocycles. The first-order chi connectivity index (χ1) is 34.6. The first-order valence-corrected chi connectivity index (χ1v) is 28.0. The third-order valence-corrected chi connectivity index (χ3v) is 13.4. The summed E-state index contributed by atoms with van der Waals surface area (Å²) in [6, 6.07) is -0.947. The largest absolute Gasteiger partial charge is 0.394 e. The Hall–Kier alpha value is -2.31. The van der Waals surface area contributed by atoms with Gasteiger partial charge in [-0.25, -0.2) is 0 Å². The zero-order chi connectivity index (χ0) is 51.7. The number of aliphatic hydroxyl groups is 8. The van der Waals surface area contributed by atoms with Gasteiger partial charge in [-0.2, -0.15) is 0 Å². The number of aliphatic hydroxyl groups excluding tert-OH is 8. The fourth-order valence-corrected chi connectivity index (χ4v) is 8.82. The summed E-state index contributed by atoms with van der Waals surface area (Å²) in [5.74, 6) is -0.269. The number of carbonyl (C=O) groups is 1. The van der Waals surface area contributed by atoms with E-state index in [0.29, 0.717) is 12.8 Å². The molecule has 12 unspecified atom stereocenters. The average molecular weight is 1010 g/mol. The molecule has 0 aromatic rings. The number of amides is 1. The van der Waals surface area contributed by atoms with Gasteiger partial charge in [0.15, 0.2) is 12.6 Å². The van der Waals surface area contributed by atoms with Crippen molar-refractivity contribution in [3.05, 3.63) is 60.8 Å². The Morgan fingerprint density at radius 1 is 0.507 bits per heavy atom. The summed E-state index contributed by atoms with van der Waals surface area (Å²) < 4.78 is 22.7. The second-order valence-corrected chi connectivity index (χ2v) is 19.7. The van der Waals surface area contributed by atoms with E-state index in [1.165, 1.54) is 96.3 Å². The van der Waals surface area contributed by atoms with Crippen molar-refractivity contribution in [3.8, 4) is 0 Å². The van der Waals surface area contributed by atoms with Crippen LogP contribution in [-0.2, 0) is 23.7 Å². The van der Waals surface area contributed by atoms with E-state index in [-0.39, 0.29) is 18.9 Å². The van der Waals surface area contributed by atoms with Crippen LogP contribution in [0.1, 0.15) is 200 Å². The van der Waals surface area contributed by atoms with E-state index in [4.69, 9.17) is 18.9 Å². The summed E-state index contributed by atoms with van der Waals surface area (Å²) in [4.78, 5) is 13.2. The van der Waals surface area contributed by atoms with Gasteiger partial charge in [0.25, 0.3) is 0 Å². The van der Waals surface area contributed by atoms with Gasteiger partial charge in [0.05, 0.1) is 32.0 Å².